The minimum absolute atomic E-state index is 0.701. The van der Waals surface area contributed by atoms with Gasteiger partial charge in [0, 0.05) is 26.2 Å². The summed E-state index contributed by atoms with van der Waals surface area (Å²) in [6.07, 6.45) is 2.62. The van der Waals surface area contributed by atoms with Crippen molar-refractivity contribution in [1.29, 1.82) is 0 Å². The fourth-order valence-electron chi connectivity index (χ4n) is 1.49. The van der Waals surface area contributed by atoms with E-state index < -0.39 is 0 Å². The van der Waals surface area contributed by atoms with Crippen LogP contribution in [-0.4, -0.2) is 31.3 Å². The molecule has 0 unspecified atom stereocenters. The fourth-order valence-corrected chi connectivity index (χ4v) is 1.49. The summed E-state index contributed by atoms with van der Waals surface area (Å²) in [6, 6.07) is 6.80. The predicted octanol–water partition coefficient (Wildman–Crippen LogP) is 1.39. The van der Waals surface area contributed by atoms with Crippen molar-refractivity contribution in [2.75, 3.05) is 25.6 Å². The second-order valence-electron chi connectivity index (χ2n) is 4.09. The molecule has 1 fully saturated rings. The summed E-state index contributed by atoms with van der Waals surface area (Å²) in [4.78, 5) is 4.52. The van der Waals surface area contributed by atoms with Crippen LogP contribution in [0.4, 0.5) is 5.82 Å². The van der Waals surface area contributed by atoms with Crippen molar-refractivity contribution in [1.82, 2.24) is 10.3 Å². The molecule has 1 aromatic rings. The minimum atomic E-state index is 0.701. The molecule has 4 nitrogen and oxygen atoms in total. The van der Waals surface area contributed by atoms with Crippen molar-refractivity contribution in [2.45, 2.75) is 25.4 Å². The maximum atomic E-state index is 4.98. The van der Waals surface area contributed by atoms with Crippen molar-refractivity contribution in [3.05, 3.63) is 23.9 Å². The fraction of sp³-hybridized carbons (Fsp3) is 0.583. The van der Waals surface area contributed by atoms with Crippen molar-refractivity contribution < 1.29 is 4.74 Å². The molecule has 0 amide bonds. The van der Waals surface area contributed by atoms with E-state index in [1.807, 2.05) is 12.1 Å². The molecule has 1 aliphatic carbocycles. The molecule has 1 saturated carbocycles. The van der Waals surface area contributed by atoms with E-state index >= 15 is 0 Å². The molecule has 1 heterocycles. The van der Waals surface area contributed by atoms with Gasteiger partial charge in [-0.1, -0.05) is 6.07 Å². The molecule has 0 aromatic carbocycles. The Hall–Kier alpha value is -1.13. The number of hydrogen-bond donors (Lipinski definition) is 2. The summed E-state index contributed by atoms with van der Waals surface area (Å²) in [5.41, 5.74) is 1.09. The second kappa shape index (κ2) is 5.82. The lowest BCUT2D eigenvalue weighted by Gasteiger charge is -2.07. The summed E-state index contributed by atoms with van der Waals surface area (Å²) in [6.45, 7) is 2.36. The van der Waals surface area contributed by atoms with Crippen LogP contribution in [0.1, 0.15) is 18.5 Å². The van der Waals surface area contributed by atoms with Crippen LogP contribution in [0.5, 0.6) is 0 Å². The Kier molecular flexibility index (Phi) is 4.13. The maximum absolute atomic E-state index is 4.98. The first-order valence-corrected chi connectivity index (χ1v) is 5.80. The standard InChI is InChI=1S/C12H19N3O/c1-16-8-7-13-12-4-2-3-11(15-12)9-14-10-5-6-10/h2-4,10,14H,5-9H2,1H3,(H,13,15). The number of nitrogens with one attached hydrogen (secondary N) is 2. The summed E-state index contributed by atoms with van der Waals surface area (Å²) < 4.78 is 4.98. The summed E-state index contributed by atoms with van der Waals surface area (Å²) in [7, 11) is 1.70. The molecule has 1 aromatic heterocycles. The second-order valence-corrected chi connectivity index (χ2v) is 4.09. The molecule has 16 heavy (non-hydrogen) atoms. The van der Waals surface area contributed by atoms with Gasteiger partial charge in [0.05, 0.1) is 12.3 Å². The van der Waals surface area contributed by atoms with Crippen LogP contribution in [0.15, 0.2) is 18.2 Å². The zero-order valence-corrected chi connectivity index (χ0v) is 9.70. The van der Waals surface area contributed by atoms with Crippen LogP contribution in [0.2, 0.25) is 0 Å². The summed E-state index contributed by atoms with van der Waals surface area (Å²) in [5.74, 6) is 0.923. The number of aromatic nitrogens is 1. The van der Waals surface area contributed by atoms with Crippen molar-refractivity contribution in [2.24, 2.45) is 0 Å². The third-order valence-corrected chi connectivity index (χ3v) is 2.57. The SMILES string of the molecule is COCCNc1cccc(CNC2CC2)n1. The Morgan fingerprint density at radius 3 is 3.06 bits per heavy atom. The van der Waals surface area contributed by atoms with E-state index in [-0.39, 0.29) is 0 Å². The van der Waals surface area contributed by atoms with Gasteiger partial charge in [0.2, 0.25) is 0 Å². The van der Waals surface area contributed by atoms with Gasteiger partial charge in [0.25, 0.3) is 0 Å². The van der Waals surface area contributed by atoms with E-state index in [9.17, 15) is 0 Å². The highest BCUT2D eigenvalue weighted by atomic mass is 16.5. The van der Waals surface area contributed by atoms with E-state index in [0.717, 1.165) is 30.6 Å². The van der Waals surface area contributed by atoms with Gasteiger partial charge in [-0.25, -0.2) is 4.98 Å². The lowest BCUT2D eigenvalue weighted by Crippen LogP contribution is -2.17. The number of pyridine rings is 1. The third-order valence-electron chi connectivity index (χ3n) is 2.57. The Balaban J connectivity index is 1.80. The molecule has 0 saturated heterocycles. The number of rotatable bonds is 7. The van der Waals surface area contributed by atoms with Crippen LogP contribution < -0.4 is 10.6 Å². The molecular weight excluding hydrogens is 202 g/mol. The highest BCUT2D eigenvalue weighted by molar-refractivity contribution is 5.35. The molecule has 1 aliphatic rings. The number of nitrogens with zero attached hydrogens (tertiary/aromatic N) is 1. The smallest absolute Gasteiger partial charge is 0.126 e. The highest BCUT2D eigenvalue weighted by Crippen LogP contribution is 2.19. The van der Waals surface area contributed by atoms with Gasteiger partial charge >= 0.3 is 0 Å². The topological polar surface area (TPSA) is 46.2 Å². The zero-order chi connectivity index (χ0) is 11.2. The Labute approximate surface area is 96.4 Å². The quantitative estimate of drug-likeness (QED) is 0.683. The van der Waals surface area contributed by atoms with Crippen LogP contribution in [0.3, 0.4) is 0 Å². The van der Waals surface area contributed by atoms with Gasteiger partial charge in [-0.15, -0.1) is 0 Å². The first-order valence-electron chi connectivity index (χ1n) is 5.80. The van der Waals surface area contributed by atoms with Crippen molar-refractivity contribution in [3.8, 4) is 0 Å². The molecule has 2 N–H and O–H groups in total. The van der Waals surface area contributed by atoms with Crippen LogP contribution >= 0.6 is 0 Å². The normalized spacial score (nSPS) is 15.1. The van der Waals surface area contributed by atoms with Crippen molar-refractivity contribution >= 4 is 5.82 Å². The molecular formula is C12H19N3O. The number of anilines is 1. The molecule has 0 aliphatic heterocycles. The van der Waals surface area contributed by atoms with E-state index in [2.05, 4.69) is 21.7 Å². The first-order chi connectivity index (χ1) is 7.88. The molecule has 2 rings (SSSR count). The van der Waals surface area contributed by atoms with Crippen molar-refractivity contribution in [3.63, 3.8) is 0 Å². The largest absolute Gasteiger partial charge is 0.383 e. The van der Waals surface area contributed by atoms with Crippen LogP contribution in [0, 0.1) is 0 Å². The van der Waals surface area contributed by atoms with Gasteiger partial charge in [0.1, 0.15) is 5.82 Å². The first kappa shape index (κ1) is 11.4. The Morgan fingerprint density at radius 2 is 2.31 bits per heavy atom. The van der Waals surface area contributed by atoms with E-state index in [4.69, 9.17) is 4.74 Å². The number of ether oxygens (including phenoxy) is 1. The summed E-state index contributed by atoms with van der Waals surface area (Å²) in [5, 5.41) is 6.68. The Morgan fingerprint density at radius 1 is 1.44 bits per heavy atom. The van der Waals surface area contributed by atoms with Gasteiger partial charge in [-0.3, -0.25) is 0 Å². The van der Waals surface area contributed by atoms with E-state index in [1.165, 1.54) is 12.8 Å². The van der Waals surface area contributed by atoms with Gasteiger partial charge < -0.3 is 15.4 Å². The van der Waals surface area contributed by atoms with Crippen LogP contribution in [-0.2, 0) is 11.3 Å². The third kappa shape index (κ3) is 3.79. The van der Waals surface area contributed by atoms with Gasteiger partial charge in [0.15, 0.2) is 0 Å². The minimum Gasteiger partial charge on any atom is -0.383 e. The average molecular weight is 221 g/mol. The van der Waals surface area contributed by atoms with E-state index in [1.54, 1.807) is 7.11 Å². The number of hydrogen-bond acceptors (Lipinski definition) is 4. The molecule has 0 radical (unpaired) electrons. The number of methoxy groups -OCH3 is 1. The lowest BCUT2D eigenvalue weighted by atomic mass is 10.3. The Bertz CT molecular complexity index is 326. The molecule has 0 atom stereocenters. The highest BCUT2D eigenvalue weighted by Gasteiger charge is 2.20. The van der Waals surface area contributed by atoms with Crippen LogP contribution in [0.25, 0.3) is 0 Å². The predicted molar refractivity (Wildman–Crippen MR) is 64.5 cm³/mol. The maximum Gasteiger partial charge on any atom is 0.126 e. The summed E-state index contributed by atoms with van der Waals surface area (Å²) >= 11 is 0. The zero-order valence-electron chi connectivity index (χ0n) is 9.70. The average Bonchev–Trinajstić information content (AvgIpc) is 3.11. The molecule has 0 bridgehead atoms. The van der Waals surface area contributed by atoms with E-state index in [0.29, 0.717) is 6.61 Å². The lowest BCUT2D eigenvalue weighted by molar-refractivity contribution is 0.210. The van der Waals surface area contributed by atoms with Gasteiger partial charge in [-0.2, -0.15) is 0 Å². The monoisotopic (exact) mass is 221 g/mol. The molecule has 88 valence electrons. The molecule has 0 spiro atoms. The van der Waals surface area contributed by atoms with Gasteiger partial charge in [-0.05, 0) is 25.0 Å². The molecule has 4 heteroatoms.